The molecule has 0 spiro atoms. The zero-order chi connectivity index (χ0) is 14.4. The Morgan fingerprint density at radius 1 is 1.20 bits per heavy atom. The summed E-state index contributed by atoms with van der Waals surface area (Å²) in [5.74, 6) is 0.979. The van der Waals surface area contributed by atoms with Crippen LogP contribution in [-0.2, 0) is 6.42 Å². The lowest BCUT2D eigenvalue weighted by Crippen LogP contribution is -2.31. The van der Waals surface area contributed by atoms with E-state index in [1.54, 1.807) is 0 Å². The van der Waals surface area contributed by atoms with Crippen LogP contribution in [0.5, 0.6) is 0 Å². The first-order valence-corrected chi connectivity index (χ1v) is 9.48. The molecule has 2 heteroatoms. The number of hydrogen-bond donors (Lipinski definition) is 0. The molecule has 0 amide bonds. The molecule has 112 valence electrons. The number of halogens is 2. The van der Waals surface area contributed by atoms with Gasteiger partial charge in [-0.2, -0.15) is 0 Å². The van der Waals surface area contributed by atoms with Crippen LogP contribution in [-0.4, -0.2) is 5.33 Å². The lowest BCUT2D eigenvalue weighted by atomic mass is 9.68. The zero-order valence-electron chi connectivity index (χ0n) is 12.5. The molecule has 1 aromatic rings. The number of unbranched alkanes of at least 4 members (excludes halogenated alkanes) is 1. The summed E-state index contributed by atoms with van der Waals surface area (Å²) in [4.78, 5) is 0. The second-order valence-electron chi connectivity index (χ2n) is 6.52. The van der Waals surface area contributed by atoms with Crippen molar-refractivity contribution < 1.29 is 0 Å². The molecule has 1 fully saturated rings. The Bertz CT molecular complexity index is 390. The largest absolute Gasteiger partial charge is 0.0922 e. The predicted molar refractivity (Wildman–Crippen MR) is 92.9 cm³/mol. The van der Waals surface area contributed by atoms with E-state index in [0.717, 1.165) is 16.3 Å². The standard InChI is InChI=1S/C18H26BrCl/c1-2-3-4-15-9-11-18(14-19,12-10-15)13-16-5-7-17(20)8-6-16/h5-8,15H,2-4,9-14H2,1H3. The van der Waals surface area contributed by atoms with E-state index in [0.29, 0.717) is 5.41 Å². The number of benzene rings is 1. The molecule has 1 aromatic carbocycles. The van der Waals surface area contributed by atoms with Gasteiger partial charge in [0.25, 0.3) is 0 Å². The van der Waals surface area contributed by atoms with Gasteiger partial charge in [0.05, 0.1) is 0 Å². The van der Waals surface area contributed by atoms with E-state index in [1.807, 2.05) is 12.1 Å². The first kappa shape index (κ1) is 16.4. The lowest BCUT2D eigenvalue weighted by molar-refractivity contribution is 0.168. The van der Waals surface area contributed by atoms with E-state index in [9.17, 15) is 0 Å². The van der Waals surface area contributed by atoms with Crippen molar-refractivity contribution in [2.75, 3.05) is 5.33 Å². The Kier molecular flexibility index (Phi) is 6.42. The highest BCUT2D eigenvalue weighted by Gasteiger charge is 2.34. The monoisotopic (exact) mass is 356 g/mol. The highest BCUT2D eigenvalue weighted by molar-refractivity contribution is 9.09. The number of alkyl halides is 1. The van der Waals surface area contributed by atoms with Crippen LogP contribution in [0.2, 0.25) is 5.02 Å². The summed E-state index contributed by atoms with van der Waals surface area (Å²) < 4.78 is 0. The van der Waals surface area contributed by atoms with E-state index in [1.165, 1.54) is 56.9 Å². The van der Waals surface area contributed by atoms with E-state index >= 15 is 0 Å². The average molecular weight is 358 g/mol. The number of rotatable bonds is 6. The maximum absolute atomic E-state index is 5.98. The Balaban J connectivity index is 1.92. The molecule has 20 heavy (non-hydrogen) atoms. The first-order chi connectivity index (χ1) is 9.67. The van der Waals surface area contributed by atoms with Crippen LogP contribution in [0, 0.1) is 11.3 Å². The van der Waals surface area contributed by atoms with Gasteiger partial charge in [0.1, 0.15) is 0 Å². The molecule has 1 aliphatic rings. The van der Waals surface area contributed by atoms with Gasteiger partial charge in [0.2, 0.25) is 0 Å². The molecule has 0 heterocycles. The molecule has 0 atom stereocenters. The molecule has 0 radical (unpaired) electrons. The summed E-state index contributed by atoms with van der Waals surface area (Å²) in [5, 5.41) is 1.97. The van der Waals surface area contributed by atoms with Crippen molar-refractivity contribution in [1.82, 2.24) is 0 Å². The smallest absolute Gasteiger partial charge is 0.0406 e. The third-order valence-corrected chi connectivity index (χ3v) is 6.35. The summed E-state index contributed by atoms with van der Waals surface area (Å²) in [6.45, 7) is 2.30. The average Bonchev–Trinajstić information content (AvgIpc) is 2.49. The zero-order valence-corrected chi connectivity index (χ0v) is 14.8. The van der Waals surface area contributed by atoms with Crippen LogP contribution < -0.4 is 0 Å². The lowest BCUT2D eigenvalue weighted by Gasteiger charge is -2.39. The van der Waals surface area contributed by atoms with Crippen LogP contribution in [0.15, 0.2) is 24.3 Å². The Morgan fingerprint density at radius 3 is 2.40 bits per heavy atom. The van der Waals surface area contributed by atoms with Crippen LogP contribution in [0.1, 0.15) is 57.4 Å². The van der Waals surface area contributed by atoms with Crippen molar-refractivity contribution in [2.24, 2.45) is 11.3 Å². The van der Waals surface area contributed by atoms with Crippen molar-refractivity contribution in [2.45, 2.75) is 58.3 Å². The van der Waals surface area contributed by atoms with Crippen molar-refractivity contribution in [3.8, 4) is 0 Å². The summed E-state index contributed by atoms with van der Waals surface area (Å²) >= 11 is 9.77. The highest BCUT2D eigenvalue weighted by atomic mass is 79.9. The fraction of sp³-hybridized carbons (Fsp3) is 0.667. The topological polar surface area (TPSA) is 0 Å². The van der Waals surface area contributed by atoms with Gasteiger partial charge in [-0.3, -0.25) is 0 Å². The number of hydrogen-bond acceptors (Lipinski definition) is 0. The first-order valence-electron chi connectivity index (χ1n) is 7.98. The van der Waals surface area contributed by atoms with Gasteiger partial charge in [-0.05, 0) is 61.1 Å². The Hall–Kier alpha value is -0.0100. The molecule has 0 nitrogen and oxygen atoms in total. The third kappa shape index (κ3) is 4.49. The maximum Gasteiger partial charge on any atom is 0.0406 e. The minimum atomic E-state index is 0.469. The fourth-order valence-corrected chi connectivity index (χ4v) is 4.35. The molecule has 1 aliphatic carbocycles. The van der Waals surface area contributed by atoms with Crippen molar-refractivity contribution in [1.29, 1.82) is 0 Å². The quantitative estimate of drug-likeness (QED) is 0.500. The van der Waals surface area contributed by atoms with Gasteiger partial charge in [0, 0.05) is 10.4 Å². The van der Waals surface area contributed by atoms with Gasteiger partial charge in [-0.15, -0.1) is 0 Å². The van der Waals surface area contributed by atoms with E-state index in [2.05, 4.69) is 35.0 Å². The summed E-state index contributed by atoms with van der Waals surface area (Å²) in [6.07, 6.45) is 10.9. The van der Waals surface area contributed by atoms with Crippen LogP contribution in [0.4, 0.5) is 0 Å². The van der Waals surface area contributed by atoms with Gasteiger partial charge in [-0.1, -0.05) is 65.8 Å². The molecular weight excluding hydrogens is 332 g/mol. The molecular formula is C18H26BrCl. The molecule has 0 aromatic heterocycles. The normalized spacial score (nSPS) is 26.6. The Labute approximate surface area is 137 Å². The van der Waals surface area contributed by atoms with Crippen LogP contribution in [0.25, 0.3) is 0 Å². The Morgan fingerprint density at radius 2 is 1.85 bits per heavy atom. The SMILES string of the molecule is CCCCC1CCC(CBr)(Cc2ccc(Cl)cc2)CC1. The van der Waals surface area contributed by atoms with Crippen molar-refractivity contribution >= 4 is 27.5 Å². The minimum absolute atomic E-state index is 0.469. The van der Waals surface area contributed by atoms with Gasteiger partial charge in [-0.25, -0.2) is 0 Å². The molecule has 0 N–H and O–H groups in total. The highest BCUT2D eigenvalue weighted by Crippen LogP contribution is 2.44. The van der Waals surface area contributed by atoms with Crippen LogP contribution in [0.3, 0.4) is 0 Å². The molecule has 0 aliphatic heterocycles. The van der Waals surface area contributed by atoms with Crippen molar-refractivity contribution in [3.05, 3.63) is 34.9 Å². The molecule has 1 saturated carbocycles. The third-order valence-electron chi connectivity index (χ3n) is 4.91. The predicted octanol–water partition coefficient (Wildman–Crippen LogP) is 6.64. The molecule has 2 rings (SSSR count). The van der Waals surface area contributed by atoms with Gasteiger partial charge >= 0.3 is 0 Å². The van der Waals surface area contributed by atoms with Crippen molar-refractivity contribution in [3.63, 3.8) is 0 Å². The van der Waals surface area contributed by atoms with Gasteiger partial charge < -0.3 is 0 Å². The molecule has 0 bridgehead atoms. The van der Waals surface area contributed by atoms with Gasteiger partial charge in [0.15, 0.2) is 0 Å². The summed E-state index contributed by atoms with van der Waals surface area (Å²) in [5.41, 5.74) is 1.90. The van der Waals surface area contributed by atoms with E-state index in [-0.39, 0.29) is 0 Å². The fourth-order valence-electron chi connectivity index (χ4n) is 3.46. The van der Waals surface area contributed by atoms with E-state index < -0.39 is 0 Å². The molecule has 0 saturated heterocycles. The second kappa shape index (κ2) is 7.84. The molecule has 0 unspecified atom stereocenters. The van der Waals surface area contributed by atoms with E-state index in [4.69, 9.17) is 11.6 Å². The minimum Gasteiger partial charge on any atom is -0.0922 e. The summed E-state index contributed by atoms with van der Waals surface area (Å²) in [7, 11) is 0. The second-order valence-corrected chi connectivity index (χ2v) is 7.52. The maximum atomic E-state index is 5.98. The summed E-state index contributed by atoms with van der Waals surface area (Å²) in [6, 6.07) is 8.42. The van der Waals surface area contributed by atoms with Crippen LogP contribution >= 0.6 is 27.5 Å².